The third-order valence-corrected chi connectivity index (χ3v) is 2.72. The number of carbonyl (C=O) groups excluding carboxylic acids is 3. The standard InChI is InChI=1S/C10H15N3O6/c1-19-10(18)7-6(8(7)13-4(14)2-11)9(17)12-3-5(15)16/h6-8H,2-3,11H2,1H3,(H,12,17)(H,13,14)(H,15,16)/t6-,7-,8-/m1/s1. The summed E-state index contributed by atoms with van der Waals surface area (Å²) in [6.07, 6.45) is 0. The minimum absolute atomic E-state index is 0.270. The maximum Gasteiger partial charge on any atom is 0.322 e. The number of methoxy groups -OCH3 is 1. The van der Waals surface area contributed by atoms with Gasteiger partial charge in [0.15, 0.2) is 0 Å². The number of carboxylic acids is 1. The van der Waals surface area contributed by atoms with Crippen LogP contribution in [-0.2, 0) is 23.9 Å². The molecular formula is C10H15N3O6. The molecule has 9 nitrogen and oxygen atoms in total. The first-order chi connectivity index (χ1) is 8.92. The minimum Gasteiger partial charge on any atom is -0.480 e. The van der Waals surface area contributed by atoms with Gasteiger partial charge >= 0.3 is 11.9 Å². The van der Waals surface area contributed by atoms with Gasteiger partial charge in [-0.05, 0) is 0 Å². The molecule has 0 aromatic carbocycles. The highest BCUT2D eigenvalue weighted by molar-refractivity contribution is 5.95. The Hall–Kier alpha value is -2.16. The predicted octanol–water partition coefficient (Wildman–Crippen LogP) is -2.95. The zero-order valence-corrected chi connectivity index (χ0v) is 10.2. The molecule has 106 valence electrons. The molecule has 9 heteroatoms. The van der Waals surface area contributed by atoms with Crippen molar-refractivity contribution in [1.29, 1.82) is 0 Å². The van der Waals surface area contributed by atoms with E-state index in [9.17, 15) is 19.2 Å². The van der Waals surface area contributed by atoms with E-state index in [4.69, 9.17) is 10.8 Å². The van der Waals surface area contributed by atoms with Crippen LogP contribution in [0.1, 0.15) is 0 Å². The Morgan fingerprint density at radius 3 is 2.37 bits per heavy atom. The van der Waals surface area contributed by atoms with Crippen molar-refractivity contribution in [3.05, 3.63) is 0 Å². The Balaban J connectivity index is 2.63. The van der Waals surface area contributed by atoms with Gasteiger partial charge in [-0.2, -0.15) is 0 Å². The zero-order valence-electron chi connectivity index (χ0n) is 10.2. The summed E-state index contributed by atoms with van der Waals surface area (Å²) in [4.78, 5) is 44.5. The summed E-state index contributed by atoms with van der Waals surface area (Å²) in [5.41, 5.74) is 5.12. The number of ether oxygens (including phenoxy) is 1. The van der Waals surface area contributed by atoms with Crippen LogP contribution < -0.4 is 16.4 Å². The summed E-state index contributed by atoms with van der Waals surface area (Å²) >= 11 is 0. The third-order valence-electron chi connectivity index (χ3n) is 2.72. The van der Waals surface area contributed by atoms with E-state index < -0.39 is 48.2 Å². The van der Waals surface area contributed by atoms with Gasteiger partial charge in [-0.3, -0.25) is 19.2 Å². The number of esters is 1. The van der Waals surface area contributed by atoms with Gasteiger partial charge in [-0.25, -0.2) is 0 Å². The minimum atomic E-state index is -1.20. The van der Waals surface area contributed by atoms with Crippen LogP contribution in [0.4, 0.5) is 0 Å². The molecule has 0 aliphatic heterocycles. The van der Waals surface area contributed by atoms with Gasteiger partial charge in [0.05, 0.1) is 31.5 Å². The van der Waals surface area contributed by atoms with E-state index >= 15 is 0 Å². The van der Waals surface area contributed by atoms with E-state index in [2.05, 4.69) is 15.4 Å². The second-order valence-corrected chi connectivity index (χ2v) is 3.98. The van der Waals surface area contributed by atoms with E-state index in [1.54, 1.807) is 0 Å². The van der Waals surface area contributed by atoms with E-state index in [0.29, 0.717) is 0 Å². The highest BCUT2D eigenvalue weighted by atomic mass is 16.5. The van der Waals surface area contributed by atoms with Gasteiger partial charge in [0.25, 0.3) is 0 Å². The van der Waals surface area contributed by atoms with E-state index in [-0.39, 0.29) is 6.54 Å². The van der Waals surface area contributed by atoms with E-state index in [0.717, 1.165) is 7.11 Å². The number of hydrogen-bond donors (Lipinski definition) is 4. The number of rotatable bonds is 6. The molecule has 1 rings (SSSR count). The van der Waals surface area contributed by atoms with Crippen molar-refractivity contribution in [2.45, 2.75) is 6.04 Å². The number of carboxylic acid groups (broad SMARTS) is 1. The Morgan fingerprint density at radius 1 is 1.26 bits per heavy atom. The number of carbonyl (C=O) groups is 4. The van der Waals surface area contributed by atoms with Crippen molar-refractivity contribution >= 4 is 23.8 Å². The SMILES string of the molecule is COC(=O)[C@H]1[C@H](NC(=O)CN)[C@@H]1C(=O)NCC(=O)O. The lowest BCUT2D eigenvalue weighted by atomic mass is 10.3. The molecule has 0 spiro atoms. The van der Waals surface area contributed by atoms with Gasteiger partial charge in [0.2, 0.25) is 11.8 Å². The van der Waals surface area contributed by atoms with Crippen LogP contribution in [0.3, 0.4) is 0 Å². The van der Waals surface area contributed by atoms with Crippen LogP contribution in [-0.4, -0.2) is 55.1 Å². The molecule has 1 saturated carbocycles. The highest BCUT2D eigenvalue weighted by Gasteiger charge is 2.60. The molecule has 2 amide bonds. The second-order valence-electron chi connectivity index (χ2n) is 3.98. The summed E-state index contributed by atoms with van der Waals surface area (Å²) in [5, 5.41) is 13.0. The lowest BCUT2D eigenvalue weighted by molar-refractivity contribution is -0.143. The lowest BCUT2D eigenvalue weighted by Crippen LogP contribution is -2.36. The fourth-order valence-corrected chi connectivity index (χ4v) is 1.77. The summed E-state index contributed by atoms with van der Waals surface area (Å²) in [6, 6.07) is -0.711. The largest absolute Gasteiger partial charge is 0.480 e. The maximum absolute atomic E-state index is 11.7. The molecule has 0 bridgehead atoms. The number of nitrogens with two attached hydrogens (primary N) is 1. The number of aliphatic carboxylic acids is 1. The molecule has 3 atom stereocenters. The average Bonchev–Trinajstić information content (AvgIpc) is 3.08. The first kappa shape index (κ1) is 14.9. The first-order valence-electron chi connectivity index (χ1n) is 5.49. The molecule has 1 fully saturated rings. The van der Waals surface area contributed by atoms with Gasteiger partial charge < -0.3 is 26.2 Å². The fraction of sp³-hybridized carbons (Fsp3) is 0.600. The number of hydrogen-bond acceptors (Lipinski definition) is 6. The lowest BCUT2D eigenvalue weighted by Gasteiger charge is -2.02. The molecule has 0 radical (unpaired) electrons. The Morgan fingerprint density at radius 2 is 1.89 bits per heavy atom. The molecule has 0 aromatic heterocycles. The molecule has 19 heavy (non-hydrogen) atoms. The van der Waals surface area contributed by atoms with Crippen LogP contribution in [0.25, 0.3) is 0 Å². The number of amides is 2. The van der Waals surface area contributed by atoms with E-state index in [1.165, 1.54) is 0 Å². The molecule has 0 saturated heterocycles. The fourth-order valence-electron chi connectivity index (χ4n) is 1.77. The van der Waals surface area contributed by atoms with Crippen LogP contribution in [0, 0.1) is 11.8 Å². The van der Waals surface area contributed by atoms with Crippen molar-refractivity contribution in [2.24, 2.45) is 17.6 Å². The molecule has 0 heterocycles. The molecular weight excluding hydrogens is 258 g/mol. The van der Waals surface area contributed by atoms with Gasteiger partial charge in [0.1, 0.15) is 6.54 Å². The van der Waals surface area contributed by atoms with Crippen LogP contribution >= 0.6 is 0 Å². The molecule has 5 N–H and O–H groups in total. The third kappa shape index (κ3) is 3.65. The Labute approximate surface area is 108 Å². The van der Waals surface area contributed by atoms with Crippen LogP contribution in [0.2, 0.25) is 0 Å². The highest BCUT2D eigenvalue weighted by Crippen LogP contribution is 2.40. The van der Waals surface area contributed by atoms with Crippen molar-refractivity contribution in [3.63, 3.8) is 0 Å². The number of nitrogens with one attached hydrogen (secondary N) is 2. The normalized spacial score (nSPS) is 24.2. The van der Waals surface area contributed by atoms with Gasteiger partial charge in [-0.15, -0.1) is 0 Å². The Kier molecular flexibility index (Phi) is 4.81. The molecule has 0 aromatic rings. The summed E-state index contributed by atoms with van der Waals surface area (Å²) < 4.78 is 4.51. The van der Waals surface area contributed by atoms with Gasteiger partial charge in [-0.1, -0.05) is 0 Å². The predicted molar refractivity (Wildman–Crippen MR) is 60.6 cm³/mol. The van der Waals surface area contributed by atoms with Crippen LogP contribution in [0.15, 0.2) is 0 Å². The average molecular weight is 273 g/mol. The van der Waals surface area contributed by atoms with Crippen molar-refractivity contribution < 1.29 is 29.0 Å². The van der Waals surface area contributed by atoms with Crippen LogP contribution in [0.5, 0.6) is 0 Å². The topological polar surface area (TPSA) is 148 Å². The van der Waals surface area contributed by atoms with Crippen molar-refractivity contribution in [1.82, 2.24) is 10.6 Å². The summed E-state index contributed by atoms with van der Waals surface area (Å²) in [7, 11) is 1.16. The first-order valence-corrected chi connectivity index (χ1v) is 5.49. The summed E-state index contributed by atoms with van der Waals surface area (Å²) in [6.45, 7) is -0.825. The quantitative estimate of drug-likeness (QED) is 0.378. The second kappa shape index (κ2) is 6.14. The maximum atomic E-state index is 11.7. The molecule has 1 aliphatic carbocycles. The summed E-state index contributed by atoms with van der Waals surface area (Å²) in [5.74, 6) is -4.62. The smallest absolute Gasteiger partial charge is 0.322 e. The molecule has 0 unspecified atom stereocenters. The monoisotopic (exact) mass is 273 g/mol. The zero-order chi connectivity index (χ0) is 14.6. The van der Waals surface area contributed by atoms with Gasteiger partial charge in [0, 0.05) is 0 Å². The van der Waals surface area contributed by atoms with Crippen molar-refractivity contribution in [3.8, 4) is 0 Å². The molecule has 1 aliphatic rings. The Bertz CT molecular complexity index is 410. The van der Waals surface area contributed by atoms with Crippen molar-refractivity contribution in [2.75, 3.05) is 20.2 Å². The van der Waals surface area contributed by atoms with E-state index in [1.807, 2.05) is 0 Å².